The number of nitrogens with two attached hydrogens (primary N) is 1. The Labute approximate surface area is 147 Å². The summed E-state index contributed by atoms with van der Waals surface area (Å²) in [5, 5.41) is 5.66. The van der Waals surface area contributed by atoms with Crippen molar-refractivity contribution in [3.8, 4) is 0 Å². The Morgan fingerprint density at radius 2 is 1.64 bits per heavy atom. The summed E-state index contributed by atoms with van der Waals surface area (Å²) in [6.07, 6.45) is 2.92. The van der Waals surface area contributed by atoms with Crippen molar-refractivity contribution in [3.63, 3.8) is 0 Å². The zero-order valence-electron chi connectivity index (χ0n) is 14.2. The normalized spacial score (nSPS) is 22.4. The lowest BCUT2D eigenvalue weighted by molar-refractivity contribution is -0.124. The molecular formula is C18H25N3O4. The van der Waals surface area contributed by atoms with E-state index in [9.17, 15) is 9.59 Å². The lowest BCUT2D eigenvalue weighted by Gasteiger charge is -2.26. The Kier molecular flexibility index (Phi) is 6.01. The Morgan fingerprint density at radius 3 is 2.24 bits per heavy atom. The minimum Gasteiger partial charge on any atom is -0.381 e. The largest absolute Gasteiger partial charge is 0.381 e. The standard InChI is InChI=1S/C18H25N3O4/c19-16(12-7-10-24-11-8-12)18(23)21-14-5-3-13(4-6-14)20-17(22)15-2-1-9-25-15/h3-6,12,15-16H,1-2,7-11,19H2,(H,20,22)(H,21,23). The minimum atomic E-state index is -0.539. The number of rotatable bonds is 5. The van der Waals surface area contributed by atoms with Crippen molar-refractivity contribution in [2.24, 2.45) is 11.7 Å². The highest BCUT2D eigenvalue weighted by atomic mass is 16.5. The van der Waals surface area contributed by atoms with Crippen LogP contribution >= 0.6 is 0 Å². The van der Waals surface area contributed by atoms with E-state index in [2.05, 4.69) is 10.6 Å². The van der Waals surface area contributed by atoms with Crippen molar-refractivity contribution in [2.75, 3.05) is 30.5 Å². The Bertz CT molecular complexity index is 593. The van der Waals surface area contributed by atoms with E-state index >= 15 is 0 Å². The molecule has 0 bridgehead atoms. The summed E-state index contributed by atoms with van der Waals surface area (Å²) in [5.41, 5.74) is 7.40. The molecular weight excluding hydrogens is 322 g/mol. The van der Waals surface area contributed by atoms with Crippen LogP contribution in [-0.2, 0) is 19.1 Å². The molecule has 1 aromatic rings. The van der Waals surface area contributed by atoms with E-state index in [1.54, 1.807) is 24.3 Å². The second kappa shape index (κ2) is 8.42. The quantitative estimate of drug-likeness (QED) is 0.749. The number of amides is 2. The first-order valence-electron chi connectivity index (χ1n) is 8.80. The fourth-order valence-corrected chi connectivity index (χ4v) is 3.16. The minimum absolute atomic E-state index is 0.129. The van der Waals surface area contributed by atoms with Crippen LogP contribution in [0.5, 0.6) is 0 Å². The van der Waals surface area contributed by atoms with Gasteiger partial charge in [-0.1, -0.05) is 0 Å². The van der Waals surface area contributed by atoms with E-state index in [-0.39, 0.29) is 23.8 Å². The number of nitrogens with one attached hydrogen (secondary N) is 2. The molecule has 2 unspecified atom stereocenters. The maximum Gasteiger partial charge on any atom is 0.253 e. The highest BCUT2D eigenvalue weighted by Crippen LogP contribution is 2.20. The maximum absolute atomic E-state index is 12.3. The molecule has 136 valence electrons. The van der Waals surface area contributed by atoms with Gasteiger partial charge in [-0.25, -0.2) is 0 Å². The zero-order valence-corrected chi connectivity index (χ0v) is 14.2. The number of carbonyl (C=O) groups is 2. The highest BCUT2D eigenvalue weighted by Gasteiger charge is 2.26. The molecule has 1 aromatic carbocycles. The molecule has 2 fully saturated rings. The molecule has 0 aromatic heterocycles. The van der Waals surface area contributed by atoms with Gasteiger partial charge < -0.3 is 25.8 Å². The number of carbonyl (C=O) groups excluding carboxylic acids is 2. The van der Waals surface area contributed by atoms with Crippen LogP contribution in [-0.4, -0.2) is 43.8 Å². The molecule has 7 nitrogen and oxygen atoms in total. The second-order valence-corrected chi connectivity index (χ2v) is 6.53. The number of hydrogen-bond donors (Lipinski definition) is 3. The van der Waals surface area contributed by atoms with Gasteiger partial charge in [-0.2, -0.15) is 0 Å². The zero-order chi connectivity index (χ0) is 17.6. The summed E-state index contributed by atoms with van der Waals surface area (Å²) in [6, 6.07) is 6.47. The Hall–Kier alpha value is -1.96. The van der Waals surface area contributed by atoms with E-state index in [0.717, 1.165) is 25.7 Å². The van der Waals surface area contributed by atoms with Crippen LogP contribution < -0.4 is 16.4 Å². The van der Waals surface area contributed by atoms with Gasteiger partial charge in [0.2, 0.25) is 5.91 Å². The van der Waals surface area contributed by atoms with Gasteiger partial charge in [0.1, 0.15) is 6.10 Å². The molecule has 2 heterocycles. The van der Waals surface area contributed by atoms with Crippen LogP contribution in [0.15, 0.2) is 24.3 Å². The van der Waals surface area contributed by atoms with E-state index < -0.39 is 6.04 Å². The van der Waals surface area contributed by atoms with Gasteiger partial charge in [0.15, 0.2) is 0 Å². The van der Waals surface area contributed by atoms with Crippen LogP contribution in [0, 0.1) is 5.92 Å². The van der Waals surface area contributed by atoms with Gasteiger partial charge >= 0.3 is 0 Å². The first-order chi connectivity index (χ1) is 12.1. The fraction of sp³-hybridized carbons (Fsp3) is 0.556. The summed E-state index contributed by atoms with van der Waals surface area (Å²) >= 11 is 0. The molecule has 0 spiro atoms. The first-order valence-corrected chi connectivity index (χ1v) is 8.80. The number of hydrogen-bond acceptors (Lipinski definition) is 5. The van der Waals surface area contributed by atoms with E-state index in [1.165, 1.54) is 0 Å². The second-order valence-electron chi connectivity index (χ2n) is 6.53. The van der Waals surface area contributed by atoms with Crippen molar-refractivity contribution in [1.29, 1.82) is 0 Å². The highest BCUT2D eigenvalue weighted by molar-refractivity contribution is 5.96. The fourth-order valence-electron chi connectivity index (χ4n) is 3.16. The van der Waals surface area contributed by atoms with E-state index in [1.807, 2.05) is 0 Å². The van der Waals surface area contributed by atoms with Gasteiger partial charge in [0, 0.05) is 31.2 Å². The van der Waals surface area contributed by atoms with Gasteiger partial charge in [-0.3, -0.25) is 9.59 Å². The van der Waals surface area contributed by atoms with Crippen molar-refractivity contribution >= 4 is 23.2 Å². The summed E-state index contributed by atoms with van der Waals surface area (Å²) in [7, 11) is 0. The van der Waals surface area contributed by atoms with Crippen LogP contribution in [0.3, 0.4) is 0 Å². The number of benzene rings is 1. The smallest absolute Gasteiger partial charge is 0.253 e. The number of anilines is 2. The molecule has 3 rings (SSSR count). The molecule has 7 heteroatoms. The van der Waals surface area contributed by atoms with Gasteiger partial charge in [-0.05, 0) is 55.9 Å². The lowest BCUT2D eigenvalue weighted by Crippen LogP contribution is -2.43. The molecule has 2 aliphatic rings. The van der Waals surface area contributed by atoms with Crippen LogP contribution in [0.25, 0.3) is 0 Å². The summed E-state index contributed by atoms with van der Waals surface area (Å²) in [4.78, 5) is 24.3. The summed E-state index contributed by atoms with van der Waals surface area (Å²) < 4.78 is 10.7. The third-order valence-corrected chi connectivity index (χ3v) is 4.72. The Morgan fingerprint density at radius 1 is 1.00 bits per heavy atom. The molecule has 25 heavy (non-hydrogen) atoms. The van der Waals surface area contributed by atoms with Crippen molar-refractivity contribution < 1.29 is 19.1 Å². The summed E-state index contributed by atoms with van der Waals surface area (Å²) in [6.45, 7) is 1.95. The molecule has 2 atom stereocenters. The SMILES string of the molecule is NC(C(=O)Nc1ccc(NC(=O)C2CCCO2)cc1)C1CCOCC1. The van der Waals surface area contributed by atoms with Crippen molar-refractivity contribution in [1.82, 2.24) is 0 Å². The molecule has 0 aliphatic carbocycles. The molecule has 0 saturated carbocycles. The van der Waals surface area contributed by atoms with Crippen molar-refractivity contribution in [3.05, 3.63) is 24.3 Å². The van der Waals surface area contributed by atoms with Crippen molar-refractivity contribution in [2.45, 2.75) is 37.8 Å². The van der Waals surface area contributed by atoms with Gasteiger partial charge in [0.05, 0.1) is 6.04 Å². The average Bonchev–Trinajstić information content (AvgIpc) is 3.18. The molecule has 2 saturated heterocycles. The summed E-state index contributed by atoms with van der Waals surface area (Å²) in [5.74, 6) is -0.169. The predicted molar refractivity (Wildman–Crippen MR) is 94.2 cm³/mol. The van der Waals surface area contributed by atoms with E-state index in [4.69, 9.17) is 15.2 Å². The predicted octanol–water partition coefficient (Wildman–Crippen LogP) is 1.50. The number of ether oxygens (including phenoxy) is 2. The van der Waals surface area contributed by atoms with Gasteiger partial charge in [-0.15, -0.1) is 0 Å². The molecule has 2 amide bonds. The first kappa shape index (κ1) is 17.8. The van der Waals surface area contributed by atoms with Crippen LogP contribution in [0.4, 0.5) is 11.4 Å². The molecule has 4 N–H and O–H groups in total. The third-order valence-electron chi connectivity index (χ3n) is 4.72. The monoisotopic (exact) mass is 347 g/mol. The van der Waals surface area contributed by atoms with E-state index in [0.29, 0.717) is 31.2 Å². The average molecular weight is 347 g/mol. The van der Waals surface area contributed by atoms with Gasteiger partial charge in [0.25, 0.3) is 5.91 Å². The maximum atomic E-state index is 12.3. The Balaban J connectivity index is 1.51. The molecule has 0 radical (unpaired) electrons. The topological polar surface area (TPSA) is 103 Å². The lowest BCUT2D eigenvalue weighted by atomic mass is 9.92. The van der Waals surface area contributed by atoms with Crippen LogP contribution in [0.2, 0.25) is 0 Å². The van der Waals surface area contributed by atoms with Crippen LogP contribution in [0.1, 0.15) is 25.7 Å². The third kappa shape index (κ3) is 4.78. The molecule has 2 aliphatic heterocycles.